The minimum absolute atomic E-state index is 0.558. The zero-order chi connectivity index (χ0) is 21.0. The van der Waals surface area contributed by atoms with E-state index < -0.39 is 11.9 Å². The molecule has 29 heavy (non-hydrogen) atoms. The van der Waals surface area contributed by atoms with Gasteiger partial charge in [0.1, 0.15) is 0 Å². The topological polar surface area (TPSA) is 90.2 Å². The van der Waals surface area contributed by atoms with Crippen LogP contribution in [-0.4, -0.2) is 45.3 Å². The Bertz CT molecular complexity index is 1050. The molecule has 3 heterocycles. The van der Waals surface area contributed by atoms with Gasteiger partial charge < -0.3 is 15.1 Å². The first kappa shape index (κ1) is 20.9. The van der Waals surface area contributed by atoms with Crippen molar-refractivity contribution in [1.82, 2.24) is 4.90 Å². The van der Waals surface area contributed by atoms with Crippen LogP contribution in [0.5, 0.6) is 0 Å². The maximum atomic E-state index is 9.55. The van der Waals surface area contributed by atoms with Gasteiger partial charge in [-0.25, -0.2) is 9.59 Å². The van der Waals surface area contributed by atoms with Crippen LogP contribution in [0.15, 0.2) is 63.8 Å². The molecule has 0 saturated carbocycles. The molecule has 0 aliphatic carbocycles. The number of amidine groups is 1. The molecule has 0 spiro atoms. The van der Waals surface area contributed by atoms with Crippen LogP contribution in [0.3, 0.4) is 0 Å². The molecular formula is C21H20N2O4S2. The molecule has 0 bridgehead atoms. The van der Waals surface area contributed by atoms with Crippen molar-refractivity contribution in [2.75, 3.05) is 13.1 Å². The third kappa shape index (κ3) is 4.96. The first-order chi connectivity index (χ1) is 13.9. The summed E-state index contributed by atoms with van der Waals surface area (Å²) in [4.78, 5) is 27.5. The largest absolute Gasteiger partial charge is 0.478 e. The van der Waals surface area contributed by atoms with E-state index in [1.165, 1.54) is 31.8 Å². The average molecular weight is 429 g/mol. The fourth-order valence-corrected chi connectivity index (χ4v) is 5.27. The molecule has 0 atom stereocenters. The quantitative estimate of drug-likeness (QED) is 0.531. The van der Waals surface area contributed by atoms with Crippen molar-refractivity contribution in [1.29, 1.82) is 0 Å². The molecule has 6 nitrogen and oxygen atoms in total. The van der Waals surface area contributed by atoms with Crippen molar-refractivity contribution in [2.24, 2.45) is 4.99 Å². The second-order valence-electron chi connectivity index (χ2n) is 6.48. The van der Waals surface area contributed by atoms with E-state index >= 15 is 0 Å². The Morgan fingerprint density at radius 1 is 1.24 bits per heavy atom. The van der Waals surface area contributed by atoms with Crippen LogP contribution in [0.25, 0.3) is 15.8 Å². The van der Waals surface area contributed by atoms with Gasteiger partial charge in [-0.15, -0.1) is 11.3 Å². The molecule has 1 aromatic heterocycles. The first-order valence-electron chi connectivity index (χ1n) is 8.84. The van der Waals surface area contributed by atoms with Gasteiger partial charge in [-0.05, 0) is 13.0 Å². The molecule has 2 N–H and O–H groups in total. The summed E-state index contributed by atoms with van der Waals surface area (Å²) in [6.45, 7) is 8.10. The third-order valence-corrected chi connectivity index (χ3v) is 6.20. The van der Waals surface area contributed by atoms with Gasteiger partial charge in [-0.2, -0.15) is 0 Å². The van der Waals surface area contributed by atoms with Gasteiger partial charge in [0, 0.05) is 51.1 Å². The highest BCUT2D eigenvalue weighted by molar-refractivity contribution is 8.17. The summed E-state index contributed by atoms with van der Waals surface area (Å²) in [6.07, 6.45) is 2.06. The molecule has 8 heteroatoms. The summed E-state index contributed by atoms with van der Waals surface area (Å²) in [5, 5.41) is 20.4. The van der Waals surface area contributed by atoms with E-state index in [4.69, 9.17) is 10.2 Å². The Morgan fingerprint density at radius 3 is 2.59 bits per heavy atom. The average Bonchev–Trinajstić information content (AvgIpc) is 3.34. The Morgan fingerprint density at radius 2 is 1.93 bits per heavy atom. The highest BCUT2D eigenvalue weighted by Crippen LogP contribution is 2.46. The van der Waals surface area contributed by atoms with Crippen LogP contribution < -0.4 is 0 Å². The number of carbonyl (C=O) groups is 2. The number of rotatable bonds is 5. The monoisotopic (exact) mass is 428 g/mol. The predicted octanol–water partition coefficient (Wildman–Crippen LogP) is 4.67. The van der Waals surface area contributed by atoms with Crippen LogP contribution in [0.2, 0.25) is 0 Å². The molecule has 0 unspecified atom stereocenters. The van der Waals surface area contributed by atoms with Crippen LogP contribution in [0.1, 0.15) is 18.9 Å². The second-order valence-corrected chi connectivity index (χ2v) is 8.45. The first-order valence-corrected chi connectivity index (χ1v) is 10.5. The lowest BCUT2D eigenvalue weighted by Gasteiger charge is -2.17. The number of hydrogen-bond acceptors (Lipinski definition) is 6. The fourth-order valence-electron chi connectivity index (χ4n) is 3.02. The zero-order valence-electron chi connectivity index (χ0n) is 15.8. The van der Waals surface area contributed by atoms with Crippen molar-refractivity contribution in [2.45, 2.75) is 13.3 Å². The van der Waals surface area contributed by atoms with E-state index in [0.717, 1.165) is 24.7 Å². The number of benzene rings is 1. The van der Waals surface area contributed by atoms with Crippen molar-refractivity contribution in [3.05, 3.63) is 64.4 Å². The van der Waals surface area contributed by atoms with Gasteiger partial charge in [0.2, 0.25) is 0 Å². The summed E-state index contributed by atoms with van der Waals surface area (Å²) in [7, 11) is 0. The molecule has 0 amide bonds. The smallest absolute Gasteiger partial charge is 0.328 e. The lowest BCUT2D eigenvalue weighted by Crippen LogP contribution is -2.19. The van der Waals surface area contributed by atoms with Crippen molar-refractivity contribution >= 4 is 56.0 Å². The van der Waals surface area contributed by atoms with Gasteiger partial charge in [0.15, 0.2) is 5.17 Å². The Kier molecular flexibility index (Phi) is 6.56. The number of thiophene rings is 1. The normalized spacial score (nSPS) is 15.3. The number of nitrogens with zero attached hydrogens (tertiary/aromatic N) is 2. The molecule has 2 aromatic rings. The van der Waals surface area contributed by atoms with Crippen molar-refractivity contribution < 1.29 is 19.8 Å². The highest BCUT2D eigenvalue weighted by atomic mass is 32.2. The summed E-state index contributed by atoms with van der Waals surface area (Å²) in [5.74, 6) is -2.51. The number of allylic oxidation sites excluding steroid dienone is 2. The van der Waals surface area contributed by atoms with E-state index in [-0.39, 0.29) is 0 Å². The van der Waals surface area contributed by atoms with E-state index in [9.17, 15) is 9.59 Å². The fraction of sp³-hybridized carbons (Fsp3) is 0.190. The van der Waals surface area contributed by atoms with Crippen molar-refractivity contribution in [3.63, 3.8) is 0 Å². The summed E-state index contributed by atoms with van der Waals surface area (Å²) >= 11 is 3.65. The minimum Gasteiger partial charge on any atom is -0.478 e. The number of hydrogen-bond donors (Lipinski definition) is 2. The number of thioether (sulfide) groups is 1. The van der Waals surface area contributed by atoms with Gasteiger partial charge in [-0.1, -0.05) is 42.1 Å². The maximum absolute atomic E-state index is 9.55. The van der Waals surface area contributed by atoms with Gasteiger partial charge >= 0.3 is 11.9 Å². The Balaban J connectivity index is 0.000000258. The van der Waals surface area contributed by atoms with Gasteiger partial charge in [0.25, 0.3) is 0 Å². The van der Waals surface area contributed by atoms with Crippen molar-refractivity contribution in [3.8, 4) is 0 Å². The molecule has 2 aliphatic heterocycles. The summed E-state index contributed by atoms with van der Waals surface area (Å²) in [6, 6.07) is 8.66. The van der Waals surface area contributed by atoms with Crippen LogP contribution in [0, 0.1) is 0 Å². The number of aliphatic imine (C=N–C) groups is 1. The van der Waals surface area contributed by atoms with E-state index in [1.54, 1.807) is 0 Å². The maximum Gasteiger partial charge on any atom is 0.328 e. The molecular weight excluding hydrogens is 408 g/mol. The second kappa shape index (κ2) is 9.11. The zero-order valence-corrected chi connectivity index (χ0v) is 17.4. The number of fused-ring (bicyclic) bond motifs is 2. The van der Waals surface area contributed by atoms with Crippen LogP contribution in [-0.2, 0) is 9.59 Å². The predicted molar refractivity (Wildman–Crippen MR) is 119 cm³/mol. The lowest BCUT2D eigenvalue weighted by molar-refractivity contribution is -0.134. The molecule has 1 aromatic carbocycles. The standard InChI is InChI=1S/C17H16N2S2.C4H4O4/c1-11(2)9-15-16(19-8-7-18-17(19)21-15)13-10-20-14-6-4-3-5-12(13)14;5-3(6)1-2-4(7)8/h3-6,10H,1,7-9H2,2H3;1-2H,(H,5,6)(H,7,8)/b;2-1+. The lowest BCUT2D eigenvalue weighted by atomic mass is 10.1. The highest BCUT2D eigenvalue weighted by Gasteiger charge is 2.33. The van der Waals surface area contributed by atoms with E-state index in [2.05, 4.69) is 53.0 Å². The Hall–Kier alpha value is -2.84. The molecule has 0 radical (unpaired) electrons. The number of carboxylic acids is 2. The molecule has 2 aliphatic rings. The molecule has 0 fully saturated rings. The minimum atomic E-state index is -1.26. The van der Waals surface area contributed by atoms with E-state index in [0.29, 0.717) is 12.2 Å². The Labute approximate surface area is 176 Å². The van der Waals surface area contributed by atoms with Crippen LogP contribution in [0.4, 0.5) is 0 Å². The van der Waals surface area contributed by atoms with Gasteiger partial charge in [0.05, 0.1) is 12.2 Å². The van der Waals surface area contributed by atoms with Gasteiger partial charge in [-0.3, -0.25) is 4.99 Å². The molecule has 0 saturated heterocycles. The number of aliphatic carboxylic acids is 2. The van der Waals surface area contributed by atoms with Crippen LogP contribution >= 0.6 is 23.1 Å². The number of carboxylic acid groups (broad SMARTS) is 2. The van der Waals surface area contributed by atoms with E-state index in [1.807, 2.05) is 23.1 Å². The summed E-state index contributed by atoms with van der Waals surface area (Å²) < 4.78 is 1.35. The summed E-state index contributed by atoms with van der Waals surface area (Å²) in [5.41, 5.74) is 3.92. The third-order valence-electron chi connectivity index (χ3n) is 4.12. The molecule has 150 valence electrons. The SMILES string of the molecule is C=C(C)CC1=C(c2csc3ccccc23)N2CCN=C2S1.O=C(O)/C=C/C(=O)O. The molecule has 4 rings (SSSR count).